The Morgan fingerprint density at radius 2 is 2.06 bits per heavy atom. The fraction of sp³-hybridized carbons (Fsp3) is 0.615. The van der Waals surface area contributed by atoms with Gasteiger partial charge in [0.15, 0.2) is 5.88 Å². The largest absolute Gasteiger partial charge is 0.475 e. The van der Waals surface area contributed by atoms with Crippen LogP contribution in [0.25, 0.3) is 0 Å². The van der Waals surface area contributed by atoms with E-state index in [2.05, 4.69) is 26.1 Å². The lowest BCUT2D eigenvalue weighted by Gasteiger charge is -2.13. The summed E-state index contributed by atoms with van der Waals surface area (Å²) in [6.07, 6.45) is 3.43. The Morgan fingerprint density at radius 3 is 2.59 bits per heavy atom. The predicted octanol–water partition coefficient (Wildman–Crippen LogP) is 3.60. The van der Waals surface area contributed by atoms with Crippen LogP contribution in [0.3, 0.4) is 0 Å². The van der Waals surface area contributed by atoms with Crippen molar-refractivity contribution in [2.45, 2.75) is 46.1 Å². The van der Waals surface area contributed by atoms with Crippen LogP contribution in [0, 0.1) is 5.92 Å². The highest BCUT2D eigenvalue weighted by Crippen LogP contribution is 2.16. The first kappa shape index (κ1) is 13.6. The van der Waals surface area contributed by atoms with Gasteiger partial charge in [0.1, 0.15) is 0 Å². The number of rotatable bonds is 7. The lowest BCUT2D eigenvalue weighted by atomic mass is 10.0. The first-order valence-electron chi connectivity index (χ1n) is 6.08. The average molecular weight is 239 g/mol. The van der Waals surface area contributed by atoms with Gasteiger partial charge in [0.2, 0.25) is 5.76 Å². The zero-order valence-electron chi connectivity index (χ0n) is 10.7. The summed E-state index contributed by atoms with van der Waals surface area (Å²) in [6, 6.07) is 3.41. The Morgan fingerprint density at radius 1 is 1.35 bits per heavy atom. The van der Waals surface area contributed by atoms with Crippen LogP contribution in [0.15, 0.2) is 16.5 Å². The first-order valence-corrected chi connectivity index (χ1v) is 6.08. The molecule has 1 heterocycles. The second kappa shape index (κ2) is 6.33. The molecule has 1 aromatic heterocycles. The number of carboxylic acids is 1. The molecule has 96 valence electrons. The normalized spacial score (nSPS) is 12.7. The lowest BCUT2D eigenvalue weighted by molar-refractivity contribution is 0.0663. The molecule has 4 heteroatoms. The molecule has 0 radical (unpaired) electrons. The molecule has 17 heavy (non-hydrogen) atoms. The van der Waals surface area contributed by atoms with Gasteiger partial charge in [0.25, 0.3) is 0 Å². The Labute approximate surface area is 102 Å². The highest BCUT2D eigenvalue weighted by molar-refractivity contribution is 5.84. The molecule has 0 saturated heterocycles. The van der Waals surface area contributed by atoms with Crippen molar-refractivity contribution in [1.29, 1.82) is 0 Å². The van der Waals surface area contributed by atoms with Gasteiger partial charge >= 0.3 is 5.97 Å². The predicted molar refractivity (Wildman–Crippen MR) is 67.4 cm³/mol. The zero-order valence-corrected chi connectivity index (χ0v) is 10.7. The van der Waals surface area contributed by atoms with E-state index in [4.69, 9.17) is 9.52 Å². The van der Waals surface area contributed by atoms with Crippen LogP contribution in [-0.2, 0) is 0 Å². The zero-order chi connectivity index (χ0) is 12.8. The standard InChI is InChI=1S/C13H21NO3/c1-9(2)5-4-6-10(3)14-12-8-7-11(17-12)13(15)16/h7-10,14H,4-6H2,1-3H3,(H,15,16). The molecule has 0 saturated carbocycles. The summed E-state index contributed by atoms with van der Waals surface area (Å²) in [7, 11) is 0. The molecule has 0 aromatic carbocycles. The van der Waals surface area contributed by atoms with E-state index in [-0.39, 0.29) is 5.76 Å². The fourth-order valence-electron chi connectivity index (χ4n) is 1.68. The molecule has 1 rings (SSSR count). The van der Waals surface area contributed by atoms with E-state index < -0.39 is 5.97 Å². The van der Waals surface area contributed by atoms with Crippen molar-refractivity contribution in [2.75, 3.05) is 5.32 Å². The number of anilines is 1. The number of hydrogen-bond acceptors (Lipinski definition) is 3. The molecule has 1 aromatic rings. The number of furan rings is 1. The van der Waals surface area contributed by atoms with Crippen LogP contribution in [-0.4, -0.2) is 17.1 Å². The quantitative estimate of drug-likeness (QED) is 0.763. The minimum atomic E-state index is -1.04. The molecule has 0 aliphatic heterocycles. The maximum absolute atomic E-state index is 10.6. The van der Waals surface area contributed by atoms with Gasteiger partial charge in [-0.1, -0.05) is 26.7 Å². The molecule has 0 aliphatic carbocycles. The summed E-state index contributed by atoms with van der Waals surface area (Å²) >= 11 is 0. The Kier molecular flexibility index (Phi) is 5.07. The van der Waals surface area contributed by atoms with E-state index in [1.807, 2.05) is 0 Å². The van der Waals surface area contributed by atoms with Crippen molar-refractivity contribution < 1.29 is 14.3 Å². The van der Waals surface area contributed by atoms with Gasteiger partial charge in [-0.05, 0) is 25.3 Å². The number of aromatic carboxylic acids is 1. The second-order valence-electron chi connectivity index (χ2n) is 4.84. The minimum absolute atomic E-state index is 0.0260. The lowest BCUT2D eigenvalue weighted by Crippen LogP contribution is -2.14. The third-order valence-corrected chi connectivity index (χ3v) is 2.62. The van der Waals surface area contributed by atoms with Crippen molar-refractivity contribution in [1.82, 2.24) is 0 Å². The fourth-order valence-corrected chi connectivity index (χ4v) is 1.68. The highest BCUT2D eigenvalue weighted by atomic mass is 16.4. The molecule has 0 spiro atoms. The molecule has 0 fully saturated rings. The highest BCUT2D eigenvalue weighted by Gasteiger charge is 2.10. The van der Waals surface area contributed by atoms with Crippen molar-refractivity contribution >= 4 is 11.9 Å². The molecule has 4 nitrogen and oxygen atoms in total. The van der Waals surface area contributed by atoms with E-state index in [1.54, 1.807) is 6.07 Å². The number of hydrogen-bond donors (Lipinski definition) is 2. The van der Waals surface area contributed by atoms with Crippen molar-refractivity contribution in [2.24, 2.45) is 5.92 Å². The van der Waals surface area contributed by atoms with Gasteiger partial charge in [-0.15, -0.1) is 0 Å². The van der Waals surface area contributed by atoms with Crippen molar-refractivity contribution in [3.8, 4) is 0 Å². The van der Waals surface area contributed by atoms with Crippen LogP contribution in [0.4, 0.5) is 5.88 Å². The molecule has 1 atom stereocenters. The summed E-state index contributed by atoms with van der Waals surface area (Å²) in [4.78, 5) is 10.6. The average Bonchev–Trinajstić information content (AvgIpc) is 2.65. The number of carboxylic acid groups (broad SMARTS) is 1. The number of carbonyl (C=O) groups is 1. The van der Waals surface area contributed by atoms with E-state index >= 15 is 0 Å². The summed E-state index contributed by atoms with van der Waals surface area (Å²) in [5.74, 6) is 0.191. The van der Waals surface area contributed by atoms with Crippen LogP contribution in [0.5, 0.6) is 0 Å². The number of nitrogens with one attached hydrogen (secondary N) is 1. The molecule has 2 N–H and O–H groups in total. The second-order valence-corrected chi connectivity index (χ2v) is 4.84. The van der Waals surface area contributed by atoms with E-state index in [0.29, 0.717) is 11.9 Å². The third-order valence-electron chi connectivity index (χ3n) is 2.62. The molecule has 0 aliphatic rings. The monoisotopic (exact) mass is 239 g/mol. The topological polar surface area (TPSA) is 62.5 Å². The SMILES string of the molecule is CC(C)CCCC(C)Nc1ccc(C(=O)O)o1. The van der Waals surface area contributed by atoms with Crippen LogP contribution >= 0.6 is 0 Å². The van der Waals surface area contributed by atoms with Crippen molar-refractivity contribution in [3.05, 3.63) is 17.9 Å². The van der Waals surface area contributed by atoms with Gasteiger partial charge in [0, 0.05) is 12.1 Å². The maximum atomic E-state index is 10.6. The first-order chi connectivity index (χ1) is 7.99. The minimum Gasteiger partial charge on any atom is -0.475 e. The molecule has 0 amide bonds. The Balaban J connectivity index is 2.34. The van der Waals surface area contributed by atoms with Crippen LogP contribution in [0.1, 0.15) is 50.6 Å². The Bertz CT molecular complexity index is 357. The van der Waals surface area contributed by atoms with Gasteiger partial charge in [-0.2, -0.15) is 0 Å². The van der Waals surface area contributed by atoms with E-state index in [9.17, 15) is 4.79 Å². The van der Waals surface area contributed by atoms with E-state index in [1.165, 1.54) is 18.9 Å². The third kappa shape index (κ3) is 4.93. The maximum Gasteiger partial charge on any atom is 0.371 e. The van der Waals surface area contributed by atoms with Gasteiger partial charge in [-0.3, -0.25) is 0 Å². The van der Waals surface area contributed by atoms with E-state index in [0.717, 1.165) is 12.3 Å². The van der Waals surface area contributed by atoms with Gasteiger partial charge in [0.05, 0.1) is 0 Å². The van der Waals surface area contributed by atoms with Gasteiger partial charge in [-0.25, -0.2) is 4.79 Å². The van der Waals surface area contributed by atoms with Gasteiger partial charge < -0.3 is 14.8 Å². The summed E-state index contributed by atoms with van der Waals surface area (Å²) in [6.45, 7) is 6.50. The molecule has 1 unspecified atom stereocenters. The van der Waals surface area contributed by atoms with Crippen molar-refractivity contribution in [3.63, 3.8) is 0 Å². The summed E-state index contributed by atoms with van der Waals surface area (Å²) < 4.78 is 5.13. The molecular weight excluding hydrogens is 218 g/mol. The summed E-state index contributed by atoms with van der Waals surface area (Å²) in [5, 5.41) is 11.9. The molecular formula is C13H21NO3. The Hall–Kier alpha value is -1.45. The molecule has 0 bridgehead atoms. The summed E-state index contributed by atoms with van der Waals surface area (Å²) in [5.41, 5.74) is 0. The smallest absolute Gasteiger partial charge is 0.371 e. The van der Waals surface area contributed by atoms with Crippen LogP contribution < -0.4 is 5.32 Å². The van der Waals surface area contributed by atoms with Crippen LogP contribution in [0.2, 0.25) is 0 Å².